The fourth-order valence-corrected chi connectivity index (χ4v) is 3.80. The molecule has 140 valence electrons. The van der Waals surface area contributed by atoms with E-state index in [2.05, 4.69) is 55.1 Å². The molecule has 3 aromatic rings. The van der Waals surface area contributed by atoms with Gasteiger partial charge in [-0.1, -0.05) is 42.5 Å². The third kappa shape index (κ3) is 3.76. The highest BCUT2D eigenvalue weighted by atomic mass is 16.3. The number of carbonyl (C=O) groups excluding carboxylic acids is 1. The van der Waals surface area contributed by atoms with E-state index in [0.717, 1.165) is 54.8 Å². The van der Waals surface area contributed by atoms with Gasteiger partial charge in [-0.3, -0.25) is 9.69 Å². The second kappa shape index (κ2) is 7.57. The third-order valence-electron chi connectivity index (χ3n) is 5.66. The molecule has 2 heterocycles. The van der Waals surface area contributed by atoms with E-state index in [1.54, 1.807) is 6.26 Å². The van der Waals surface area contributed by atoms with Crippen molar-refractivity contribution in [3.63, 3.8) is 0 Å². The van der Waals surface area contributed by atoms with Crippen LogP contribution in [0.3, 0.4) is 0 Å². The summed E-state index contributed by atoms with van der Waals surface area (Å²) in [6.45, 7) is 8.53. The van der Waals surface area contributed by atoms with Gasteiger partial charge in [0.2, 0.25) is 5.91 Å². The second-order valence-electron chi connectivity index (χ2n) is 7.46. The van der Waals surface area contributed by atoms with E-state index in [1.165, 1.54) is 11.1 Å². The molecule has 1 aliphatic heterocycles. The topological polar surface area (TPSA) is 36.7 Å². The molecule has 0 saturated carbocycles. The summed E-state index contributed by atoms with van der Waals surface area (Å²) in [5, 5.41) is 1.06. The monoisotopic (exact) mass is 362 g/mol. The zero-order valence-corrected chi connectivity index (χ0v) is 16.1. The van der Waals surface area contributed by atoms with Gasteiger partial charge in [0.05, 0.1) is 12.7 Å². The molecular weight excluding hydrogens is 336 g/mol. The predicted molar refractivity (Wildman–Crippen MR) is 108 cm³/mol. The Balaban J connectivity index is 1.37. The first kappa shape index (κ1) is 17.8. The van der Waals surface area contributed by atoms with Crippen LogP contribution in [0.4, 0.5) is 0 Å². The molecule has 1 aliphatic rings. The summed E-state index contributed by atoms with van der Waals surface area (Å²) in [5.74, 6) is 0.190. The number of aryl methyl sites for hydroxylation is 2. The molecule has 4 rings (SSSR count). The van der Waals surface area contributed by atoms with Gasteiger partial charge in [0.15, 0.2) is 0 Å². The van der Waals surface area contributed by atoms with Crippen LogP contribution in [0, 0.1) is 13.8 Å². The van der Waals surface area contributed by atoms with E-state index in [4.69, 9.17) is 4.42 Å². The first-order chi connectivity index (χ1) is 13.1. The van der Waals surface area contributed by atoms with E-state index >= 15 is 0 Å². The summed E-state index contributed by atoms with van der Waals surface area (Å²) < 4.78 is 5.75. The van der Waals surface area contributed by atoms with E-state index < -0.39 is 0 Å². The van der Waals surface area contributed by atoms with Crippen LogP contribution in [-0.4, -0.2) is 41.9 Å². The summed E-state index contributed by atoms with van der Waals surface area (Å²) in [6, 6.07) is 14.7. The minimum atomic E-state index is 0.190. The van der Waals surface area contributed by atoms with Crippen LogP contribution in [0.25, 0.3) is 11.0 Å². The lowest BCUT2D eigenvalue weighted by Crippen LogP contribution is -2.48. The maximum absolute atomic E-state index is 12.8. The van der Waals surface area contributed by atoms with Gasteiger partial charge in [-0.15, -0.1) is 0 Å². The number of rotatable bonds is 4. The van der Waals surface area contributed by atoms with Crippen LogP contribution in [0.15, 0.2) is 53.1 Å². The van der Waals surface area contributed by atoms with Crippen molar-refractivity contribution in [2.24, 2.45) is 0 Å². The van der Waals surface area contributed by atoms with Crippen molar-refractivity contribution in [1.29, 1.82) is 0 Å². The fraction of sp³-hybridized carbons (Fsp3) is 0.348. The molecule has 0 N–H and O–H groups in total. The molecule has 27 heavy (non-hydrogen) atoms. The van der Waals surface area contributed by atoms with Gasteiger partial charge in [-0.05, 0) is 30.5 Å². The van der Waals surface area contributed by atoms with Crippen molar-refractivity contribution in [2.45, 2.75) is 26.8 Å². The van der Waals surface area contributed by atoms with E-state index in [1.807, 2.05) is 11.0 Å². The van der Waals surface area contributed by atoms with Crippen molar-refractivity contribution >= 4 is 16.9 Å². The largest absolute Gasteiger partial charge is 0.464 e. The SMILES string of the molecule is Cc1ccc2c(CC(=O)N3CCN(Cc4ccccc4)CC3)coc2c1C. The van der Waals surface area contributed by atoms with Gasteiger partial charge in [0.1, 0.15) is 5.58 Å². The Kier molecular flexibility index (Phi) is 4.99. The van der Waals surface area contributed by atoms with Crippen LogP contribution >= 0.6 is 0 Å². The van der Waals surface area contributed by atoms with E-state index in [-0.39, 0.29) is 5.91 Å². The van der Waals surface area contributed by atoms with Gasteiger partial charge >= 0.3 is 0 Å². The first-order valence-electron chi connectivity index (χ1n) is 9.62. The van der Waals surface area contributed by atoms with Crippen molar-refractivity contribution in [3.8, 4) is 0 Å². The zero-order chi connectivity index (χ0) is 18.8. The Morgan fingerprint density at radius 3 is 2.48 bits per heavy atom. The highest BCUT2D eigenvalue weighted by Gasteiger charge is 2.22. The van der Waals surface area contributed by atoms with Gasteiger partial charge in [0, 0.05) is 43.7 Å². The van der Waals surface area contributed by atoms with Crippen molar-refractivity contribution in [3.05, 3.63) is 71.0 Å². The van der Waals surface area contributed by atoms with Crippen LogP contribution in [0.1, 0.15) is 22.3 Å². The molecule has 0 bridgehead atoms. The highest BCUT2D eigenvalue weighted by Crippen LogP contribution is 2.27. The number of amides is 1. The molecule has 2 aromatic carbocycles. The molecule has 1 saturated heterocycles. The van der Waals surface area contributed by atoms with Crippen LogP contribution in [0.5, 0.6) is 0 Å². The molecular formula is C23H26N2O2. The molecule has 0 radical (unpaired) electrons. The number of hydrogen-bond acceptors (Lipinski definition) is 3. The quantitative estimate of drug-likeness (QED) is 0.705. The van der Waals surface area contributed by atoms with Crippen LogP contribution in [-0.2, 0) is 17.8 Å². The van der Waals surface area contributed by atoms with Gasteiger partial charge in [-0.2, -0.15) is 0 Å². The summed E-state index contributed by atoms with van der Waals surface area (Å²) in [6.07, 6.45) is 2.16. The van der Waals surface area contributed by atoms with Crippen LogP contribution in [0.2, 0.25) is 0 Å². The van der Waals surface area contributed by atoms with Gasteiger partial charge in [0.25, 0.3) is 0 Å². The summed E-state index contributed by atoms with van der Waals surface area (Å²) in [4.78, 5) is 17.2. The Morgan fingerprint density at radius 2 is 1.74 bits per heavy atom. The third-order valence-corrected chi connectivity index (χ3v) is 5.66. The highest BCUT2D eigenvalue weighted by molar-refractivity contribution is 5.89. The van der Waals surface area contributed by atoms with Crippen molar-refractivity contribution in [2.75, 3.05) is 26.2 Å². The second-order valence-corrected chi connectivity index (χ2v) is 7.46. The fourth-order valence-electron chi connectivity index (χ4n) is 3.80. The van der Waals surface area contributed by atoms with Crippen LogP contribution < -0.4 is 0 Å². The minimum Gasteiger partial charge on any atom is -0.464 e. The standard InChI is InChI=1S/C23H26N2O2/c1-17-8-9-21-20(16-27-23(21)18(17)2)14-22(26)25-12-10-24(11-13-25)15-19-6-4-3-5-7-19/h3-9,16H,10-15H2,1-2H3. The number of hydrogen-bond donors (Lipinski definition) is 0. The predicted octanol–water partition coefficient (Wildman–Crippen LogP) is 3.94. The Bertz CT molecular complexity index is 938. The molecule has 0 unspecified atom stereocenters. The average molecular weight is 362 g/mol. The lowest BCUT2D eigenvalue weighted by atomic mass is 10.0. The summed E-state index contributed by atoms with van der Waals surface area (Å²) in [7, 11) is 0. The van der Waals surface area contributed by atoms with Gasteiger partial charge < -0.3 is 9.32 Å². The number of nitrogens with zero attached hydrogens (tertiary/aromatic N) is 2. The lowest BCUT2D eigenvalue weighted by Gasteiger charge is -2.34. The first-order valence-corrected chi connectivity index (χ1v) is 9.62. The molecule has 0 aliphatic carbocycles. The number of piperazine rings is 1. The summed E-state index contributed by atoms with van der Waals surface area (Å²) >= 11 is 0. The number of carbonyl (C=O) groups is 1. The Labute approximate surface area is 160 Å². The summed E-state index contributed by atoms with van der Waals surface area (Å²) in [5.41, 5.74) is 5.59. The molecule has 1 aromatic heterocycles. The maximum Gasteiger partial charge on any atom is 0.227 e. The number of furan rings is 1. The molecule has 0 spiro atoms. The Hall–Kier alpha value is -2.59. The van der Waals surface area contributed by atoms with E-state index in [0.29, 0.717) is 6.42 Å². The van der Waals surface area contributed by atoms with Crippen molar-refractivity contribution < 1.29 is 9.21 Å². The smallest absolute Gasteiger partial charge is 0.227 e. The average Bonchev–Trinajstić information content (AvgIpc) is 3.09. The normalized spacial score (nSPS) is 15.4. The van der Waals surface area contributed by atoms with Gasteiger partial charge in [-0.25, -0.2) is 0 Å². The minimum absolute atomic E-state index is 0.190. The zero-order valence-electron chi connectivity index (χ0n) is 16.1. The molecule has 1 amide bonds. The molecule has 4 nitrogen and oxygen atoms in total. The van der Waals surface area contributed by atoms with E-state index in [9.17, 15) is 4.79 Å². The van der Waals surface area contributed by atoms with Crippen molar-refractivity contribution in [1.82, 2.24) is 9.80 Å². The molecule has 4 heteroatoms. The molecule has 1 fully saturated rings. The number of fused-ring (bicyclic) bond motifs is 1. The lowest BCUT2D eigenvalue weighted by molar-refractivity contribution is -0.132. The molecule has 0 atom stereocenters. The number of benzene rings is 2. The Morgan fingerprint density at radius 1 is 1.00 bits per heavy atom. The maximum atomic E-state index is 12.8.